The number of carbonyl (C=O) groups is 1. The lowest BCUT2D eigenvalue weighted by molar-refractivity contribution is 0.251. The fraction of sp³-hybridized carbons (Fsp3) is 0.0625. The molecule has 3 rings (SSSR count). The number of anilines is 4. The summed E-state index contributed by atoms with van der Waals surface area (Å²) in [7, 11) is 1.55. The molecule has 0 aliphatic heterocycles. The molecule has 0 saturated carbocycles. The van der Waals surface area contributed by atoms with Crippen LogP contribution in [0.4, 0.5) is 28.1 Å². The van der Waals surface area contributed by atoms with Crippen LogP contribution in [-0.4, -0.2) is 27.9 Å². The van der Waals surface area contributed by atoms with Crippen LogP contribution in [0.3, 0.4) is 0 Å². The number of nitrogens with one attached hydrogen (secondary N) is 2. The summed E-state index contributed by atoms with van der Waals surface area (Å²) in [5.74, 6) is 0.846. The zero-order chi connectivity index (χ0) is 16.9. The maximum atomic E-state index is 12.3. The van der Waals surface area contributed by atoms with Crippen molar-refractivity contribution in [3.8, 4) is 5.75 Å². The van der Waals surface area contributed by atoms with E-state index in [2.05, 4.69) is 20.7 Å². The molecule has 1 aromatic heterocycles. The van der Waals surface area contributed by atoms with Gasteiger partial charge in [0.05, 0.1) is 7.11 Å². The Morgan fingerprint density at radius 1 is 1.12 bits per heavy atom. The Kier molecular flexibility index (Phi) is 4.28. The van der Waals surface area contributed by atoms with Gasteiger partial charge in [0, 0.05) is 17.4 Å². The van der Waals surface area contributed by atoms with Crippen LogP contribution >= 0.6 is 0 Å². The van der Waals surface area contributed by atoms with E-state index in [0.717, 1.165) is 10.4 Å². The molecule has 0 radical (unpaired) electrons. The van der Waals surface area contributed by atoms with Crippen LogP contribution in [0.5, 0.6) is 5.75 Å². The van der Waals surface area contributed by atoms with E-state index in [1.807, 2.05) is 30.3 Å². The lowest BCUT2D eigenvalue weighted by Crippen LogP contribution is -2.22. The summed E-state index contributed by atoms with van der Waals surface area (Å²) >= 11 is 0. The fourth-order valence-corrected chi connectivity index (χ4v) is 2.05. The Labute approximate surface area is 138 Å². The summed E-state index contributed by atoms with van der Waals surface area (Å²) in [6.45, 7) is 0. The maximum absolute atomic E-state index is 12.3. The van der Waals surface area contributed by atoms with Crippen LogP contribution in [0.25, 0.3) is 0 Å². The number of nitrogen functional groups attached to an aromatic ring is 1. The number of hydrogen-bond acceptors (Lipinski definition) is 6. The first-order chi connectivity index (χ1) is 11.7. The second-order valence-electron chi connectivity index (χ2n) is 4.86. The van der Waals surface area contributed by atoms with E-state index in [0.29, 0.717) is 11.4 Å². The van der Waals surface area contributed by atoms with Gasteiger partial charge in [0.25, 0.3) is 0 Å². The third kappa shape index (κ3) is 3.43. The molecular weight excluding hydrogens is 308 g/mol. The third-order valence-electron chi connectivity index (χ3n) is 3.18. The number of rotatable bonds is 4. The van der Waals surface area contributed by atoms with Gasteiger partial charge in [0.2, 0.25) is 11.9 Å². The molecule has 0 atom stereocenters. The number of ether oxygens (including phenoxy) is 1. The quantitative estimate of drug-likeness (QED) is 0.681. The van der Waals surface area contributed by atoms with Crippen molar-refractivity contribution in [3.05, 3.63) is 54.6 Å². The van der Waals surface area contributed by atoms with E-state index < -0.39 is 6.03 Å². The molecule has 8 heteroatoms. The van der Waals surface area contributed by atoms with Gasteiger partial charge in [-0.05, 0) is 24.3 Å². The Balaban J connectivity index is 1.75. The Bertz CT molecular complexity index is 847. The van der Waals surface area contributed by atoms with E-state index in [-0.39, 0.29) is 11.9 Å². The number of hydrogen-bond donors (Lipinski definition) is 3. The number of methoxy groups -OCH3 is 1. The smallest absolute Gasteiger partial charge is 0.349 e. The summed E-state index contributed by atoms with van der Waals surface area (Å²) in [5, 5.41) is 9.73. The van der Waals surface area contributed by atoms with Gasteiger partial charge in [-0.15, -0.1) is 9.78 Å². The van der Waals surface area contributed by atoms with Crippen LogP contribution in [0.2, 0.25) is 0 Å². The summed E-state index contributed by atoms with van der Waals surface area (Å²) in [6.07, 6.45) is 0. The van der Waals surface area contributed by atoms with Crippen LogP contribution in [0, 0.1) is 0 Å². The standard InChI is InChI=1S/C16H16N6O2/c1-24-13-9-5-8-12(10-13)19-16(23)22-14(17)20-15(21-22)18-11-6-3-2-4-7-11/h2-10H,1H3,(H,19,23)(H3,17,18,20,21). The second kappa shape index (κ2) is 6.69. The molecule has 122 valence electrons. The highest BCUT2D eigenvalue weighted by molar-refractivity contribution is 5.92. The molecule has 0 bridgehead atoms. The van der Waals surface area contributed by atoms with Gasteiger partial charge >= 0.3 is 6.03 Å². The fourth-order valence-electron chi connectivity index (χ4n) is 2.05. The summed E-state index contributed by atoms with van der Waals surface area (Å²) in [4.78, 5) is 16.3. The molecule has 1 amide bonds. The van der Waals surface area contributed by atoms with Crippen molar-refractivity contribution in [1.82, 2.24) is 14.8 Å². The van der Waals surface area contributed by atoms with Crippen LogP contribution in [-0.2, 0) is 0 Å². The number of nitrogens with two attached hydrogens (primary N) is 1. The minimum Gasteiger partial charge on any atom is -0.497 e. The maximum Gasteiger partial charge on any atom is 0.349 e. The molecule has 4 N–H and O–H groups in total. The van der Waals surface area contributed by atoms with E-state index >= 15 is 0 Å². The van der Waals surface area contributed by atoms with Crippen LogP contribution < -0.4 is 21.1 Å². The average molecular weight is 324 g/mol. The lowest BCUT2D eigenvalue weighted by atomic mass is 10.3. The zero-order valence-corrected chi connectivity index (χ0v) is 12.9. The van der Waals surface area contributed by atoms with Gasteiger partial charge in [0.1, 0.15) is 5.75 Å². The van der Waals surface area contributed by atoms with Gasteiger partial charge in [-0.3, -0.25) is 0 Å². The molecular formula is C16H16N6O2. The highest BCUT2D eigenvalue weighted by atomic mass is 16.5. The average Bonchev–Trinajstić information content (AvgIpc) is 2.96. The van der Waals surface area contributed by atoms with Gasteiger partial charge in [-0.2, -0.15) is 4.98 Å². The largest absolute Gasteiger partial charge is 0.497 e. The van der Waals surface area contributed by atoms with Crippen LogP contribution in [0.1, 0.15) is 0 Å². The predicted octanol–water partition coefficient (Wildman–Crippen LogP) is 2.69. The minimum absolute atomic E-state index is 0.0196. The van der Waals surface area contributed by atoms with Crippen molar-refractivity contribution < 1.29 is 9.53 Å². The number of carbonyl (C=O) groups excluding carboxylic acids is 1. The van der Waals surface area contributed by atoms with Gasteiger partial charge < -0.3 is 21.1 Å². The van der Waals surface area contributed by atoms with Crippen molar-refractivity contribution >= 4 is 29.3 Å². The molecule has 0 fully saturated rings. The highest BCUT2D eigenvalue weighted by Gasteiger charge is 2.14. The molecule has 1 heterocycles. The minimum atomic E-state index is -0.519. The molecule has 24 heavy (non-hydrogen) atoms. The number of para-hydroxylation sites is 1. The van der Waals surface area contributed by atoms with Crippen molar-refractivity contribution in [2.45, 2.75) is 0 Å². The normalized spacial score (nSPS) is 10.2. The monoisotopic (exact) mass is 324 g/mol. The number of nitrogens with zero attached hydrogens (tertiary/aromatic N) is 3. The van der Waals surface area contributed by atoms with Gasteiger partial charge in [-0.1, -0.05) is 24.3 Å². The summed E-state index contributed by atoms with van der Waals surface area (Å²) in [5.41, 5.74) is 7.13. The first-order valence-electron chi connectivity index (χ1n) is 7.16. The SMILES string of the molecule is COc1cccc(NC(=O)n2nc(Nc3ccccc3)nc2N)c1. The zero-order valence-electron chi connectivity index (χ0n) is 12.9. The topological polar surface area (TPSA) is 107 Å². The molecule has 0 aliphatic rings. The van der Waals surface area contributed by atoms with Crippen molar-refractivity contribution in [1.29, 1.82) is 0 Å². The molecule has 0 aliphatic carbocycles. The Morgan fingerprint density at radius 3 is 2.62 bits per heavy atom. The first-order valence-corrected chi connectivity index (χ1v) is 7.16. The van der Waals surface area contributed by atoms with Gasteiger partial charge in [-0.25, -0.2) is 4.79 Å². The van der Waals surface area contributed by atoms with Crippen molar-refractivity contribution in [2.75, 3.05) is 23.5 Å². The molecule has 2 aromatic carbocycles. The Hall–Kier alpha value is -3.55. The molecule has 0 saturated heterocycles. The first kappa shape index (κ1) is 15.3. The molecule has 8 nitrogen and oxygen atoms in total. The number of benzene rings is 2. The van der Waals surface area contributed by atoms with Crippen LogP contribution in [0.15, 0.2) is 54.6 Å². The van der Waals surface area contributed by atoms with Crippen molar-refractivity contribution in [2.24, 2.45) is 0 Å². The van der Waals surface area contributed by atoms with E-state index in [9.17, 15) is 4.79 Å². The van der Waals surface area contributed by atoms with Crippen molar-refractivity contribution in [3.63, 3.8) is 0 Å². The van der Waals surface area contributed by atoms with E-state index in [1.165, 1.54) is 0 Å². The second-order valence-corrected chi connectivity index (χ2v) is 4.86. The summed E-state index contributed by atoms with van der Waals surface area (Å²) in [6, 6.07) is 15.8. The number of amides is 1. The van der Waals surface area contributed by atoms with Gasteiger partial charge in [0.15, 0.2) is 0 Å². The van der Waals surface area contributed by atoms with E-state index in [4.69, 9.17) is 10.5 Å². The highest BCUT2D eigenvalue weighted by Crippen LogP contribution is 2.18. The third-order valence-corrected chi connectivity index (χ3v) is 3.18. The molecule has 3 aromatic rings. The summed E-state index contributed by atoms with van der Waals surface area (Å²) < 4.78 is 6.11. The lowest BCUT2D eigenvalue weighted by Gasteiger charge is -2.06. The van der Waals surface area contributed by atoms with E-state index in [1.54, 1.807) is 31.4 Å². The Morgan fingerprint density at radius 2 is 1.88 bits per heavy atom. The predicted molar refractivity (Wildman–Crippen MR) is 91.6 cm³/mol. The molecule has 0 spiro atoms. The molecule has 0 unspecified atom stereocenters. The number of aromatic nitrogens is 3.